The largest absolute Gasteiger partial charge is 0.354 e. The summed E-state index contributed by atoms with van der Waals surface area (Å²) < 4.78 is 13.1. The van der Waals surface area contributed by atoms with E-state index >= 15 is 0 Å². The van der Waals surface area contributed by atoms with Crippen LogP contribution in [0, 0.1) is 23.1 Å². The van der Waals surface area contributed by atoms with Gasteiger partial charge in [-0.1, -0.05) is 11.6 Å². The number of amides is 1. The summed E-state index contributed by atoms with van der Waals surface area (Å²) in [6.07, 6.45) is 1.58. The fourth-order valence-electron chi connectivity index (χ4n) is 3.62. The Bertz CT molecular complexity index is 1130. The van der Waals surface area contributed by atoms with E-state index in [4.69, 9.17) is 11.6 Å². The Morgan fingerprint density at radius 3 is 2.68 bits per heavy atom. The number of piperidine rings is 1. The standard InChI is InChI=1S/C23H19ClFN5O/c24-18-6-3-16(13-26)21(12-18)27-23(31)17-2-1-11-30(14-17)22-10-9-20(28-29-22)15-4-7-19(25)8-5-15/h3-10,12,17H,1-2,11,14H2,(H,27,31)/t17-/m0/s1. The molecule has 2 heterocycles. The summed E-state index contributed by atoms with van der Waals surface area (Å²) in [7, 11) is 0. The van der Waals surface area contributed by atoms with Gasteiger partial charge in [-0.05, 0) is 67.4 Å². The molecule has 1 saturated heterocycles. The molecule has 1 fully saturated rings. The highest BCUT2D eigenvalue weighted by Crippen LogP contribution is 2.26. The maximum atomic E-state index is 13.1. The predicted octanol–water partition coefficient (Wildman–Crippen LogP) is 4.66. The van der Waals surface area contributed by atoms with E-state index in [1.165, 1.54) is 12.1 Å². The van der Waals surface area contributed by atoms with Crippen molar-refractivity contribution in [3.63, 3.8) is 0 Å². The molecular formula is C23H19ClFN5O. The minimum atomic E-state index is -0.300. The number of aromatic nitrogens is 2. The first-order valence-electron chi connectivity index (χ1n) is 9.88. The highest BCUT2D eigenvalue weighted by Gasteiger charge is 2.27. The van der Waals surface area contributed by atoms with E-state index in [9.17, 15) is 14.4 Å². The second kappa shape index (κ2) is 9.11. The van der Waals surface area contributed by atoms with Crippen LogP contribution in [-0.4, -0.2) is 29.2 Å². The third-order valence-electron chi connectivity index (χ3n) is 5.27. The van der Waals surface area contributed by atoms with Crippen LogP contribution in [-0.2, 0) is 4.79 Å². The third-order valence-corrected chi connectivity index (χ3v) is 5.50. The number of hydrogen-bond donors (Lipinski definition) is 1. The van der Waals surface area contributed by atoms with Crippen molar-refractivity contribution in [1.29, 1.82) is 5.26 Å². The third kappa shape index (κ3) is 4.81. The number of carbonyl (C=O) groups is 1. The first kappa shape index (κ1) is 20.8. The van der Waals surface area contributed by atoms with Crippen LogP contribution in [0.5, 0.6) is 0 Å². The van der Waals surface area contributed by atoms with Gasteiger partial charge in [0.25, 0.3) is 0 Å². The number of nitrogens with one attached hydrogen (secondary N) is 1. The molecule has 156 valence electrons. The number of anilines is 2. The predicted molar refractivity (Wildman–Crippen MR) is 117 cm³/mol. The lowest BCUT2D eigenvalue weighted by Crippen LogP contribution is -2.41. The molecule has 1 aliphatic heterocycles. The summed E-state index contributed by atoms with van der Waals surface area (Å²) in [5, 5.41) is 21.1. The fourth-order valence-corrected chi connectivity index (χ4v) is 3.79. The second-order valence-electron chi connectivity index (χ2n) is 7.36. The lowest BCUT2D eigenvalue weighted by atomic mass is 9.96. The van der Waals surface area contributed by atoms with Crippen LogP contribution in [0.3, 0.4) is 0 Å². The van der Waals surface area contributed by atoms with Gasteiger partial charge in [-0.15, -0.1) is 10.2 Å². The molecule has 31 heavy (non-hydrogen) atoms. The number of benzene rings is 2. The van der Waals surface area contributed by atoms with Crippen LogP contribution in [0.1, 0.15) is 18.4 Å². The summed E-state index contributed by atoms with van der Waals surface area (Å²) in [4.78, 5) is 14.9. The number of rotatable bonds is 4. The van der Waals surface area contributed by atoms with Gasteiger partial charge in [0.2, 0.25) is 5.91 Å². The maximum absolute atomic E-state index is 13.1. The molecule has 1 aliphatic rings. The number of hydrogen-bond acceptors (Lipinski definition) is 5. The Morgan fingerprint density at radius 1 is 1.16 bits per heavy atom. The Labute approximate surface area is 184 Å². The summed E-state index contributed by atoms with van der Waals surface area (Å²) in [5.74, 6) is -0.0216. The van der Waals surface area contributed by atoms with Gasteiger partial charge in [0.15, 0.2) is 5.82 Å². The molecule has 1 atom stereocenters. The zero-order valence-electron chi connectivity index (χ0n) is 16.6. The molecule has 0 aliphatic carbocycles. The molecule has 0 unspecified atom stereocenters. The van der Waals surface area contributed by atoms with Crippen molar-refractivity contribution in [2.45, 2.75) is 12.8 Å². The van der Waals surface area contributed by atoms with Gasteiger partial charge in [0.1, 0.15) is 11.9 Å². The molecule has 8 heteroatoms. The van der Waals surface area contributed by atoms with Crippen molar-refractivity contribution in [2.75, 3.05) is 23.3 Å². The van der Waals surface area contributed by atoms with Crippen LogP contribution in [0.25, 0.3) is 11.3 Å². The Morgan fingerprint density at radius 2 is 1.97 bits per heavy atom. The molecule has 0 spiro atoms. The minimum absolute atomic E-state index is 0.153. The van der Waals surface area contributed by atoms with Crippen molar-refractivity contribution >= 4 is 29.0 Å². The quantitative estimate of drug-likeness (QED) is 0.644. The van der Waals surface area contributed by atoms with Crippen LogP contribution >= 0.6 is 11.6 Å². The van der Waals surface area contributed by atoms with E-state index in [1.54, 1.807) is 30.3 Å². The maximum Gasteiger partial charge on any atom is 0.229 e. The van der Waals surface area contributed by atoms with Crippen molar-refractivity contribution in [2.24, 2.45) is 5.92 Å². The van der Waals surface area contributed by atoms with Crippen LogP contribution < -0.4 is 10.2 Å². The van der Waals surface area contributed by atoms with Crippen LogP contribution in [0.4, 0.5) is 15.9 Å². The molecule has 6 nitrogen and oxygen atoms in total. The second-order valence-corrected chi connectivity index (χ2v) is 7.80. The molecule has 0 saturated carbocycles. The van der Waals surface area contributed by atoms with Crippen molar-refractivity contribution in [3.8, 4) is 17.3 Å². The first-order valence-corrected chi connectivity index (χ1v) is 10.3. The summed E-state index contributed by atoms with van der Waals surface area (Å²) in [6.45, 7) is 1.27. The average Bonchev–Trinajstić information content (AvgIpc) is 2.80. The van der Waals surface area contributed by atoms with Crippen molar-refractivity contribution in [3.05, 3.63) is 71.0 Å². The Balaban J connectivity index is 1.45. The van der Waals surface area contributed by atoms with Gasteiger partial charge in [-0.2, -0.15) is 5.26 Å². The lowest BCUT2D eigenvalue weighted by molar-refractivity contribution is -0.120. The van der Waals surface area contributed by atoms with E-state index in [2.05, 4.69) is 21.6 Å². The summed E-state index contributed by atoms with van der Waals surface area (Å²) in [5.41, 5.74) is 2.22. The van der Waals surface area contributed by atoms with Gasteiger partial charge in [0.05, 0.1) is 22.9 Å². The normalized spacial score (nSPS) is 15.9. The highest BCUT2D eigenvalue weighted by atomic mass is 35.5. The zero-order chi connectivity index (χ0) is 21.8. The monoisotopic (exact) mass is 435 g/mol. The van der Waals surface area contributed by atoms with Crippen molar-refractivity contribution in [1.82, 2.24) is 10.2 Å². The number of halogens is 2. The van der Waals surface area contributed by atoms with Gasteiger partial charge in [-0.25, -0.2) is 4.39 Å². The topological polar surface area (TPSA) is 81.9 Å². The van der Waals surface area contributed by atoms with E-state index < -0.39 is 0 Å². The van der Waals surface area contributed by atoms with Crippen LogP contribution in [0.2, 0.25) is 5.02 Å². The van der Waals surface area contributed by atoms with Gasteiger partial charge in [0, 0.05) is 23.7 Å². The Kier molecular flexibility index (Phi) is 6.10. The molecular weight excluding hydrogens is 417 g/mol. The SMILES string of the molecule is N#Cc1ccc(Cl)cc1NC(=O)[C@H]1CCCN(c2ccc(-c3ccc(F)cc3)nn2)C1. The van der Waals surface area contributed by atoms with E-state index in [0.717, 1.165) is 24.9 Å². The molecule has 2 aromatic carbocycles. The summed E-state index contributed by atoms with van der Waals surface area (Å²) >= 11 is 6.01. The number of carbonyl (C=O) groups excluding carboxylic acids is 1. The van der Waals surface area contributed by atoms with Gasteiger partial charge >= 0.3 is 0 Å². The van der Waals surface area contributed by atoms with Gasteiger partial charge < -0.3 is 10.2 Å². The highest BCUT2D eigenvalue weighted by molar-refractivity contribution is 6.31. The minimum Gasteiger partial charge on any atom is -0.354 e. The molecule has 0 bridgehead atoms. The van der Waals surface area contributed by atoms with Crippen molar-refractivity contribution < 1.29 is 9.18 Å². The lowest BCUT2D eigenvalue weighted by Gasteiger charge is -2.32. The molecule has 1 aromatic heterocycles. The fraction of sp³-hybridized carbons (Fsp3) is 0.217. The van der Waals surface area contributed by atoms with Crippen LogP contribution in [0.15, 0.2) is 54.6 Å². The molecule has 3 aromatic rings. The van der Waals surface area contributed by atoms with E-state index in [-0.39, 0.29) is 17.6 Å². The smallest absolute Gasteiger partial charge is 0.229 e. The van der Waals surface area contributed by atoms with E-state index in [1.807, 2.05) is 17.0 Å². The molecule has 0 radical (unpaired) electrons. The molecule has 1 amide bonds. The zero-order valence-corrected chi connectivity index (χ0v) is 17.3. The molecule has 1 N–H and O–H groups in total. The summed E-state index contributed by atoms with van der Waals surface area (Å²) in [6, 6.07) is 16.6. The molecule has 4 rings (SSSR count). The average molecular weight is 436 g/mol. The number of nitrogens with zero attached hydrogens (tertiary/aromatic N) is 4. The Hall–Kier alpha value is -3.50. The van der Waals surface area contributed by atoms with Gasteiger partial charge in [-0.3, -0.25) is 4.79 Å². The van der Waals surface area contributed by atoms with E-state index in [0.29, 0.717) is 34.3 Å². The number of nitriles is 1. The first-order chi connectivity index (χ1) is 15.0.